The molecule has 1 aliphatic heterocycles. The van der Waals surface area contributed by atoms with Crippen LogP contribution < -0.4 is 5.32 Å². The Kier molecular flexibility index (Phi) is 7.38. The predicted octanol–water partition coefficient (Wildman–Crippen LogP) is 3.91. The van der Waals surface area contributed by atoms with Crippen molar-refractivity contribution in [2.75, 3.05) is 26.2 Å². The third-order valence-corrected chi connectivity index (χ3v) is 5.33. The van der Waals surface area contributed by atoms with Gasteiger partial charge in [-0.3, -0.25) is 0 Å². The van der Waals surface area contributed by atoms with Gasteiger partial charge in [0.25, 0.3) is 0 Å². The van der Waals surface area contributed by atoms with Crippen LogP contribution in [0, 0.1) is 11.3 Å². The number of piperidine rings is 1. The molecule has 0 aromatic carbocycles. The molecule has 0 bridgehead atoms. The SMILES string of the molecule is CCCNC(CN1CCC(CC)(CC)CC1)C(C)C. The molecule has 1 unspecified atom stereocenters. The van der Waals surface area contributed by atoms with Crippen LogP contribution in [0.1, 0.15) is 66.7 Å². The van der Waals surface area contributed by atoms with Gasteiger partial charge in [0, 0.05) is 12.6 Å². The van der Waals surface area contributed by atoms with Crippen molar-refractivity contribution < 1.29 is 0 Å². The third-order valence-electron chi connectivity index (χ3n) is 5.33. The summed E-state index contributed by atoms with van der Waals surface area (Å²) in [5, 5.41) is 3.72. The molecule has 1 heterocycles. The molecule has 1 atom stereocenters. The Labute approximate surface area is 121 Å². The van der Waals surface area contributed by atoms with Crippen molar-refractivity contribution in [3.63, 3.8) is 0 Å². The standard InChI is InChI=1S/C17H36N2/c1-6-11-18-16(15(4)5)14-19-12-9-17(7-2,8-3)10-13-19/h15-16,18H,6-14H2,1-5H3. The number of nitrogens with zero attached hydrogens (tertiary/aromatic N) is 1. The second-order valence-electron chi connectivity index (χ2n) is 6.81. The van der Waals surface area contributed by atoms with Gasteiger partial charge in [-0.05, 0) is 50.2 Å². The van der Waals surface area contributed by atoms with E-state index in [1.807, 2.05) is 0 Å². The molecule has 2 nitrogen and oxygen atoms in total. The first kappa shape index (κ1) is 17.0. The largest absolute Gasteiger partial charge is 0.312 e. The van der Waals surface area contributed by atoms with Crippen LogP contribution in [0.3, 0.4) is 0 Å². The van der Waals surface area contributed by atoms with Crippen molar-refractivity contribution in [2.24, 2.45) is 11.3 Å². The lowest BCUT2D eigenvalue weighted by atomic mass is 9.74. The minimum Gasteiger partial charge on any atom is -0.312 e. The van der Waals surface area contributed by atoms with Crippen LogP contribution in [0.5, 0.6) is 0 Å². The molecule has 0 radical (unpaired) electrons. The number of hydrogen-bond donors (Lipinski definition) is 1. The Balaban J connectivity index is 2.41. The fourth-order valence-corrected chi connectivity index (χ4v) is 3.29. The van der Waals surface area contributed by atoms with Crippen molar-refractivity contribution in [3.05, 3.63) is 0 Å². The van der Waals surface area contributed by atoms with E-state index in [0.29, 0.717) is 11.5 Å². The van der Waals surface area contributed by atoms with E-state index >= 15 is 0 Å². The first-order valence-corrected chi connectivity index (χ1v) is 8.52. The predicted molar refractivity (Wildman–Crippen MR) is 85.6 cm³/mol. The van der Waals surface area contributed by atoms with Crippen LogP contribution in [-0.2, 0) is 0 Å². The van der Waals surface area contributed by atoms with E-state index in [2.05, 4.69) is 44.8 Å². The molecule has 1 saturated heterocycles. The molecular formula is C17H36N2. The zero-order chi connectivity index (χ0) is 14.3. The second-order valence-corrected chi connectivity index (χ2v) is 6.81. The lowest BCUT2D eigenvalue weighted by Crippen LogP contribution is -2.48. The fraction of sp³-hybridized carbons (Fsp3) is 1.00. The average molecular weight is 268 g/mol. The molecule has 0 amide bonds. The Hall–Kier alpha value is -0.0800. The Morgan fingerprint density at radius 2 is 1.63 bits per heavy atom. The maximum absolute atomic E-state index is 3.72. The van der Waals surface area contributed by atoms with Crippen molar-refractivity contribution in [2.45, 2.75) is 72.8 Å². The molecule has 1 fully saturated rings. The van der Waals surface area contributed by atoms with Crippen LogP contribution in [0.4, 0.5) is 0 Å². The van der Waals surface area contributed by atoms with E-state index in [9.17, 15) is 0 Å². The molecule has 0 aromatic rings. The van der Waals surface area contributed by atoms with Gasteiger partial charge in [0.15, 0.2) is 0 Å². The molecule has 19 heavy (non-hydrogen) atoms. The van der Waals surface area contributed by atoms with Crippen LogP contribution in [-0.4, -0.2) is 37.1 Å². The highest BCUT2D eigenvalue weighted by Gasteiger charge is 2.31. The van der Waals surface area contributed by atoms with Crippen molar-refractivity contribution in [1.29, 1.82) is 0 Å². The smallest absolute Gasteiger partial charge is 0.0217 e. The summed E-state index contributed by atoms with van der Waals surface area (Å²) in [5.41, 5.74) is 0.653. The lowest BCUT2D eigenvalue weighted by molar-refractivity contribution is 0.0840. The first-order valence-electron chi connectivity index (χ1n) is 8.52. The second kappa shape index (κ2) is 8.26. The lowest BCUT2D eigenvalue weighted by Gasteiger charge is -2.42. The third kappa shape index (κ3) is 5.07. The average Bonchev–Trinajstić information content (AvgIpc) is 2.44. The molecule has 1 rings (SSSR count). The van der Waals surface area contributed by atoms with Crippen molar-refractivity contribution in [3.8, 4) is 0 Å². The van der Waals surface area contributed by atoms with Crippen LogP contribution in [0.25, 0.3) is 0 Å². The Bertz CT molecular complexity index is 223. The van der Waals surface area contributed by atoms with Gasteiger partial charge in [0.1, 0.15) is 0 Å². The minimum atomic E-state index is 0.653. The molecular weight excluding hydrogens is 232 g/mol. The van der Waals surface area contributed by atoms with Crippen LogP contribution in [0.15, 0.2) is 0 Å². The maximum Gasteiger partial charge on any atom is 0.0217 e. The quantitative estimate of drug-likeness (QED) is 0.718. The summed E-state index contributed by atoms with van der Waals surface area (Å²) >= 11 is 0. The van der Waals surface area contributed by atoms with Crippen molar-refractivity contribution >= 4 is 0 Å². The normalized spacial score (nSPS) is 21.8. The molecule has 1 N–H and O–H groups in total. The number of likely N-dealkylation sites (tertiary alicyclic amines) is 1. The summed E-state index contributed by atoms with van der Waals surface area (Å²) in [7, 11) is 0. The number of nitrogens with one attached hydrogen (secondary N) is 1. The first-order chi connectivity index (χ1) is 9.06. The zero-order valence-corrected chi connectivity index (χ0v) is 14.0. The highest BCUT2D eigenvalue weighted by Crippen LogP contribution is 2.37. The zero-order valence-electron chi connectivity index (χ0n) is 14.0. The number of rotatable bonds is 8. The number of hydrogen-bond acceptors (Lipinski definition) is 2. The summed E-state index contributed by atoms with van der Waals surface area (Å²) in [6, 6.07) is 0.663. The summed E-state index contributed by atoms with van der Waals surface area (Å²) in [6.45, 7) is 16.7. The van der Waals surface area contributed by atoms with Crippen molar-refractivity contribution in [1.82, 2.24) is 10.2 Å². The maximum atomic E-state index is 3.72. The Morgan fingerprint density at radius 3 is 2.05 bits per heavy atom. The highest BCUT2D eigenvalue weighted by molar-refractivity contribution is 4.86. The molecule has 114 valence electrons. The van der Waals surface area contributed by atoms with E-state index < -0.39 is 0 Å². The topological polar surface area (TPSA) is 15.3 Å². The van der Waals surface area contributed by atoms with E-state index in [1.165, 1.54) is 51.7 Å². The van der Waals surface area contributed by atoms with Crippen LogP contribution in [0.2, 0.25) is 0 Å². The van der Waals surface area contributed by atoms with Gasteiger partial charge in [-0.15, -0.1) is 0 Å². The molecule has 1 aliphatic rings. The van der Waals surface area contributed by atoms with Gasteiger partial charge in [0.05, 0.1) is 0 Å². The molecule has 0 spiro atoms. The molecule has 0 aliphatic carbocycles. The minimum absolute atomic E-state index is 0.653. The van der Waals surface area contributed by atoms with E-state index in [-0.39, 0.29) is 0 Å². The Morgan fingerprint density at radius 1 is 1.05 bits per heavy atom. The van der Waals surface area contributed by atoms with E-state index in [0.717, 1.165) is 12.5 Å². The van der Waals surface area contributed by atoms with Gasteiger partial charge >= 0.3 is 0 Å². The summed E-state index contributed by atoms with van der Waals surface area (Å²) in [5.74, 6) is 0.732. The van der Waals surface area contributed by atoms with Gasteiger partial charge in [-0.1, -0.05) is 47.5 Å². The summed E-state index contributed by atoms with van der Waals surface area (Å²) in [4.78, 5) is 2.69. The summed E-state index contributed by atoms with van der Waals surface area (Å²) < 4.78 is 0. The van der Waals surface area contributed by atoms with Gasteiger partial charge in [-0.25, -0.2) is 0 Å². The van der Waals surface area contributed by atoms with Gasteiger partial charge in [0.2, 0.25) is 0 Å². The summed E-state index contributed by atoms with van der Waals surface area (Å²) in [6.07, 6.45) is 6.76. The van der Waals surface area contributed by atoms with Gasteiger partial charge < -0.3 is 10.2 Å². The van der Waals surface area contributed by atoms with E-state index in [1.54, 1.807) is 0 Å². The fourth-order valence-electron chi connectivity index (χ4n) is 3.29. The van der Waals surface area contributed by atoms with E-state index in [4.69, 9.17) is 0 Å². The molecule has 0 saturated carbocycles. The van der Waals surface area contributed by atoms with Gasteiger partial charge in [-0.2, -0.15) is 0 Å². The van der Waals surface area contributed by atoms with Crippen LogP contribution >= 0.6 is 0 Å². The monoisotopic (exact) mass is 268 g/mol. The molecule has 2 heteroatoms. The molecule has 0 aromatic heterocycles. The highest BCUT2D eigenvalue weighted by atomic mass is 15.2.